The maximum atomic E-state index is 12.1. The van der Waals surface area contributed by atoms with Crippen LogP contribution in [0.1, 0.15) is 21.5 Å². The molecular weight excluding hydrogens is 306 g/mol. The second kappa shape index (κ2) is 5.89. The van der Waals surface area contributed by atoms with Gasteiger partial charge in [0.05, 0.1) is 0 Å². The number of aromatic hydroxyl groups is 1. The number of nitrogens with one attached hydrogen (secondary N) is 1. The van der Waals surface area contributed by atoms with Crippen LogP contribution in [0.3, 0.4) is 0 Å². The van der Waals surface area contributed by atoms with Gasteiger partial charge in [-0.3, -0.25) is 4.79 Å². The molecule has 2 N–H and O–H groups in total. The van der Waals surface area contributed by atoms with Gasteiger partial charge in [-0.1, -0.05) is 28.1 Å². The quantitative estimate of drug-likeness (QED) is 0.844. The van der Waals surface area contributed by atoms with Crippen molar-refractivity contribution in [3.05, 3.63) is 59.2 Å². The van der Waals surface area contributed by atoms with Crippen LogP contribution in [0.25, 0.3) is 0 Å². The molecule has 0 spiro atoms. The van der Waals surface area contributed by atoms with E-state index in [-0.39, 0.29) is 11.7 Å². The lowest BCUT2D eigenvalue weighted by atomic mass is 10.1. The predicted octanol–water partition coefficient (Wildman–Crippen LogP) is 3.85. The molecule has 0 aromatic heterocycles. The van der Waals surface area contributed by atoms with Crippen LogP contribution in [0, 0.1) is 6.92 Å². The van der Waals surface area contributed by atoms with Gasteiger partial charge in [0.2, 0.25) is 0 Å². The lowest BCUT2D eigenvalue weighted by Crippen LogP contribution is -2.12. The summed E-state index contributed by atoms with van der Waals surface area (Å²) in [4.78, 5) is 12.1. The number of alkyl halides is 1. The number of anilines is 1. The summed E-state index contributed by atoms with van der Waals surface area (Å²) in [6.45, 7) is 1.76. The lowest BCUT2D eigenvalue weighted by molar-refractivity contribution is 0.102. The summed E-state index contributed by atoms with van der Waals surface area (Å²) in [6, 6.07) is 12.4. The molecule has 1 amide bonds. The largest absolute Gasteiger partial charge is 0.508 e. The topological polar surface area (TPSA) is 49.3 Å². The van der Waals surface area contributed by atoms with Crippen molar-refractivity contribution in [3.63, 3.8) is 0 Å². The summed E-state index contributed by atoms with van der Waals surface area (Å²) in [7, 11) is 0. The molecule has 0 aliphatic carbocycles. The zero-order chi connectivity index (χ0) is 13.8. The van der Waals surface area contributed by atoms with Crippen molar-refractivity contribution >= 4 is 27.5 Å². The number of benzene rings is 2. The fourth-order valence-electron chi connectivity index (χ4n) is 1.73. The van der Waals surface area contributed by atoms with Crippen molar-refractivity contribution in [3.8, 4) is 5.75 Å². The fraction of sp³-hybridized carbons (Fsp3) is 0.133. The molecule has 0 unspecified atom stereocenters. The third-order valence-corrected chi connectivity index (χ3v) is 3.45. The maximum absolute atomic E-state index is 12.1. The Kier molecular flexibility index (Phi) is 4.22. The summed E-state index contributed by atoms with van der Waals surface area (Å²) in [6.07, 6.45) is 0. The van der Waals surface area contributed by atoms with Gasteiger partial charge in [-0.05, 0) is 48.4 Å². The van der Waals surface area contributed by atoms with E-state index in [4.69, 9.17) is 0 Å². The highest BCUT2D eigenvalue weighted by molar-refractivity contribution is 9.08. The number of hydrogen-bond acceptors (Lipinski definition) is 2. The Morgan fingerprint density at radius 1 is 1.26 bits per heavy atom. The Morgan fingerprint density at radius 2 is 2.05 bits per heavy atom. The first-order chi connectivity index (χ1) is 9.10. The molecule has 2 aromatic rings. The van der Waals surface area contributed by atoms with E-state index in [1.54, 1.807) is 19.1 Å². The van der Waals surface area contributed by atoms with Crippen LogP contribution in [-0.4, -0.2) is 11.0 Å². The number of carbonyl (C=O) groups excluding carboxylic acids is 1. The van der Waals surface area contributed by atoms with Gasteiger partial charge in [-0.15, -0.1) is 0 Å². The van der Waals surface area contributed by atoms with Gasteiger partial charge in [0.1, 0.15) is 5.75 Å². The predicted molar refractivity (Wildman–Crippen MR) is 79.9 cm³/mol. The molecular formula is C15H14BrNO2. The fourth-order valence-corrected chi connectivity index (χ4v) is 2.08. The van der Waals surface area contributed by atoms with E-state index in [0.29, 0.717) is 11.1 Å². The van der Waals surface area contributed by atoms with E-state index in [9.17, 15) is 9.90 Å². The number of aryl methyl sites for hydroxylation is 1. The van der Waals surface area contributed by atoms with Crippen molar-refractivity contribution in [1.29, 1.82) is 0 Å². The zero-order valence-corrected chi connectivity index (χ0v) is 12.1. The molecule has 0 saturated carbocycles. The van der Waals surface area contributed by atoms with E-state index in [2.05, 4.69) is 21.2 Å². The van der Waals surface area contributed by atoms with E-state index in [1.165, 1.54) is 6.07 Å². The number of rotatable bonds is 3. The highest BCUT2D eigenvalue weighted by atomic mass is 79.9. The van der Waals surface area contributed by atoms with Crippen molar-refractivity contribution in [2.75, 3.05) is 5.32 Å². The van der Waals surface area contributed by atoms with Crippen molar-refractivity contribution in [2.24, 2.45) is 0 Å². The Hall–Kier alpha value is -1.81. The molecule has 98 valence electrons. The summed E-state index contributed by atoms with van der Waals surface area (Å²) in [5.74, 6) is 0.00709. The number of amides is 1. The molecule has 0 radical (unpaired) electrons. The number of hydrogen-bond donors (Lipinski definition) is 2. The second-order valence-electron chi connectivity index (χ2n) is 4.29. The highest BCUT2D eigenvalue weighted by Gasteiger charge is 2.08. The standard InChI is InChI=1S/C15H14BrNO2/c1-10-7-12(5-6-14(10)18)15(19)17-13-4-2-3-11(8-13)9-16/h2-8,18H,9H2,1H3,(H,17,19). The first-order valence-corrected chi connectivity index (χ1v) is 6.98. The maximum Gasteiger partial charge on any atom is 0.255 e. The molecule has 0 heterocycles. The van der Waals surface area contributed by atoms with Gasteiger partial charge in [0.25, 0.3) is 5.91 Å². The Morgan fingerprint density at radius 3 is 2.74 bits per heavy atom. The van der Waals surface area contributed by atoms with Crippen molar-refractivity contribution < 1.29 is 9.90 Å². The third kappa shape index (κ3) is 3.35. The minimum Gasteiger partial charge on any atom is -0.508 e. The molecule has 0 aliphatic rings. The first-order valence-electron chi connectivity index (χ1n) is 5.86. The van der Waals surface area contributed by atoms with Crippen LogP contribution in [0.5, 0.6) is 5.75 Å². The Bertz CT molecular complexity index is 611. The summed E-state index contributed by atoms with van der Waals surface area (Å²) >= 11 is 3.38. The van der Waals surface area contributed by atoms with Crippen LogP contribution in [0.15, 0.2) is 42.5 Å². The van der Waals surface area contributed by atoms with Gasteiger partial charge in [0, 0.05) is 16.6 Å². The smallest absolute Gasteiger partial charge is 0.255 e. The average molecular weight is 320 g/mol. The van der Waals surface area contributed by atoms with Gasteiger partial charge in [-0.2, -0.15) is 0 Å². The van der Waals surface area contributed by atoms with Crippen LogP contribution in [0.4, 0.5) is 5.69 Å². The highest BCUT2D eigenvalue weighted by Crippen LogP contribution is 2.19. The van der Waals surface area contributed by atoms with Crippen molar-refractivity contribution in [2.45, 2.75) is 12.3 Å². The number of phenolic OH excluding ortho intramolecular Hbond substituents is 1. The monoisotopic (exact) mass is 319 g/mol. The van der Waals surface area contributed by atoms with Gasteiger partial charge in [-0.25, -0.2) is 0 Å². The minimum atomic E-state index is -0.185. The minimum absolute atomic E-state index is 0.185. The van der Waals surface area contributed by atoms with E-state index in [0.717, 1.165) is 16.6 Å². The zero-order valence-electron chi connectivity index (χ0n) is 10.5. The molecule has 0 atom stereocenters. The van der Waals surface area contributed by atoms with Gasteiger partial charge < -0.3 is 10.4 Å². The molecule has 0 saturated heterocycles. The summed E-state index contributed by atoms with van der Waals surface area (Å²) in [5.41, 5.74) is 3.06. The molecule has 0 bridgehead atoms. The van der Waals surface area contributed by atoms with Gasteiger partial charge >= 0.3 is 0 Å². The number of halogens is 1. The average Bonchev–Trinajstić information content (AvgIpc) is 2.42. The first kappa shape index (κ1) is 13.6. The second-order valence-corrected chi connectivity index (χ2v) is 4.85. The SMILES string of the molecule is Cc1cc(C(=O)Nc2cccc(CBr)c2)ccc1O. The number of phenols is 1. The Balaban J connectivity index is 2.18. The Labute approximate surface area is 120 Å². The van der Waals surface area contributed by atoms with Crippen LogP contribution in [-0.2, 0) is 5.33 Å². The molecule has 3 nitrogen and oxygen atoms in total. The normalized spacial score (nSPS) is 10.2. The molecule has 4 heteroatoms. The molecule has 2 rings (SSSR count). The third-order valence-electron chi connectivity index (χ3n) is 2.80. The summed E-state index contributed by atoms with van der Waals surface area (Å²) in [5, 5.41) is 13.0. The van der Waals surface area contributed by atoms with E-state index >= 15 is 0 Å². The number of carbonyl (C=O) groups is 1. The molecule has 19 heavy (non-hydrogen) atoms. The molecule has 2 aromatic carbocycles. The van der Waals surface area contributed by atoms with E-state index < -0.39 is 0 Å². The van der Waals surface area contributed by atoms with E-state index in [1.807, 2.05) is 24.3 Å². The van der Waals surface area contributed by atoms with Crippen LogP contribution >= 0.6 is 15.9 Å². The lowest BCUT2D eigenvalue weighted by Gasteiger charge is -2.07. The van der Waals surface area contributed by atoms with Crippen LogP contribution in [0.2, 0.25) is 0 Å². The summed E-state index contributed by atoms with van der Waals surface area (Å²) < 4.78 is 0. The van der Waals surface area contributed by atoms with Crippen molar-refractivity contribution in [1.82, 2.24) is 0 Å². The van der Waals surface area contributed by atoms with Crippen LogP contribution < -0.4 is 5.32 Å². The van der Waals surface area contributed by atoms with Gasteiger partial charge in [0.15, 0.2) is 0 Å². The molecule has 0 aliphatic heterocycles. The molecule has 0 fully saturated rings.